The molecule has 1 aromatic rings. The van der Waals surface area contributed by atoms with Crippen LogP contribution < -0.4 is 10.0 Å². The summed E-state index contributed by atoms with van der Waals surface area (Å²) in [5.74, 6) is 0. The number of sulfonamides is 1. The van der Waals surface area contributed by atoms with Crippen LogP contribution in [-0.4, -0.2) is 27.0 Å². The molecule has 1 aliphatic heterocycles. The zero-order chi connectivity index (χ0) is 13.3. The third-order valence-electron chi connectivity index (χ3n) is 3.31. The Kier molecular flexibility index (Phi) is 5.82. The fraction of sp³-hybridized carbons (Fsp3) is 0.667. The average Bonchev–Trinajstić information content (AvgIpc) is 2.62. The Bertz CT molecular complexity index is 528. The first kappa shape index (κ1) is 16.9. The van der Waals surface area contributed by atoms with E-state index in [1.807, 2.05) is 26.8 Å². The first-order valence-electron chi connectivity index (χ1n) is 6.23. The molecule has 0 saturated carbocycles. The molecule has 0 radical (unpaired) electrons. The van der Waals surface area contributed by atoms with E-state index in [2.05, 4.69) is 10.0 Å². The Labute approximate surface area is 125 Å². The van der Waals surface area contributed by atoms with E-state index >= 15 is 0 Å². The Hall–Kier alpha value is -0.140. The minimum absolute atomic E-state index is 0. The maximum absolute atomic E-state index is 12.4. The van der Waals surface area contributed by atoms with E-state index in [1.165, 1.54) is 11.3 Å². The summed E-state index contributed by atoms with van der Waals surface area (Å²) >= 11 is 1.34. The van der Waals surface area contributed by atoms with E-state index < -0.39 is 10.0 Å². The van der Waals surface area contributed by atoms with Crippen LogP contribution in [0, 0.1) is 13.8 Å². The van der Waals surface area contributed by atoms with Gasteiger partial charge >= 0.3 is 0 Å². The van der Waals surface area contributed by atoms with Gasteiger partial charge in [-0.2, -0.15) is 0 Å². The lowest BCUT2D eigenvalue weighted by atomic mass is 10.0. The quantitative estimate of drug-likeness (QED) is 0.896. The van der Waals surface area contributed by atoms with Crippen molar-refractivity contribution in [1.29, 1.82) is 0 Å². The molecule has 2 heterocycles. The standard InChI is InChI=1S/C12H20N2O2S2.ClH/c1-8-7-9(2)17-12(8)18(15,16)14-11-5-4-6-13-10(11)3;/h7,10-11,13-14H,4-6H2,1-3H3;1H. The topological polar surface area (TPSA) is 58.2 Å². The highest BCUT2D eigenvalue weighted by Crippen LogP contribution is 2.26. The van der Waals surface area contributed by atoms with Gasteiger partial charge in [0, 0.05) is 17.0 Å². The lowest BCUT2D eigenvalue weighted by Crippen LogP contribution is -2.51. The molecular weight excluding hydrogens is 304 g/mol. The lowest BCUT2D eigenvalue weighted by molar-refractivity contribution is 0.349. The van der Waals surface area contributed by atoms with Crippen molar-refractivity contribution in [2.24, 2.45) is 0 Å². The first-order chi connectivity index (χ1) is 8.40. The minimum Gasteiger partial charge on any atom is -0.313 e. The van der Waals surface area contributed by atoms with Gasteiger partial charge in [-0.05, 0) is 51.8 Å². The average molecular weight is 325 g/mol. The first-order valence-corrected chi connectivity index (χ1v) is 8.53. The van der Waals surface area contributed by atoms with E-state index in [4.69, 9.17) is 0 Å². The summed E-state index contributed by atoms with van der Waals surface area (Å²) in [5, 5.41) is 3.30. The van der Waals surface area contributed by atoms with Crippen molar-refractivity contribution in [2.75, 3.05) is 6.54 Å². The number of nitrogens with one attached hydrogen (secondary N) is 2. The molecule has 1 saturated heterocycles. The Morgan fingerprint density at radius 2 is 2.11 bits per heavy atom. The van der Waals surface area contributed by atoms with E-state index in [0.717, 1.165) is 29.8 Å². The summed E-state index contributed by atoms with van der Waals surface area (Å²) in [5.41, 5.74) is 0.835. The van der Waals surface area contributed by atoms with Crippen molar-refractivity contribution in [3.8, 4) is 0 Å². The van der Waals surface area contributed by atoms with Gasteiger partial charge in [-0.15, -0.1) is 23.7 Å². The van der Waals surface area contributed by atoms with Gasteiger partial charge in [0.15, 0.2) is 0 Å². The van der Waals surface area contributed by atoms with Crippen LogP contribution in [0.2, 0.25) is 0 Å². The number of aryl methyl sites for hydroxylation is 2. The van der Waals surface area contributed by atoms with Gasteiger partial charge in [0.2, 0.25) is 0 Å². The summed E-state index contributed by atoms with van der Waals surface area (Å²) in [4.78, 5) is 1.03. The van der Waals surface area contributed by atoms with Crippen LogP contribution >= 0.6 is 23.7 Å². The predicted molar refractivity (Wildman–Crippen MR) is 81.8 cm³/mol. The van der Waals surface area contributed by atoms with Gasteiger partial charge in [-0.1, -0.05) is 0 Å². The number of rotatable bonds is 3. The normalized spacial score (nSPS) is 23.9. The fourth-order valence-electron chi connectivity index (χ4n) is 2.34. The van der Waals surface area contributed by atoms with Crippen LogP contribution in [0.4, 0.5) is 0 Å². The molecular formula is C12H21ClN2O2S2. The maximum Gasteiger partial charge on any atom is 0.250 e. The van der Waals surface area contributed by atoms with Crippen molar-refractivity contribution < 1.29 is 8.42 Å². The molecule has 2 rings (SSSR count). The van der Waals surface area contributed by atoms with Crippen LogP contribution in [-0.2, 0) is 10.0 Å². The Balaban J connectivity index is 0.00000180. The molecule has 19 heavy (non-hydrogen) atoms. The van der Waals surface area contributed by atoms with E-state index in [9.17, 15) is 8.42 Å². The van der Waals surface area contributed by atoms with Gasteiger partial charge in [0.25, 0.3) is 10.0 Å². The zero-order valence-electron chi connectivity index (χ0n) is 11.4. The molecule has 7 heteroatoms. The molecule has 110 valence electrons. The molecule has 1 aliphatic rings. The van der Waals surface area contributed by atoms with Crippen LogP contribution in [0.25, 0.3) is 0 Å². The number of halogens is 1. The molecule has 2 N–H and O–H groups in total. The summed E-state index contributed by atoms with van der Waals surface area (Å²) in [7, 11) is -3.37. The second-order valence-electron chi connectivity index (χ2n) is 4.94. The van der Waals surface area contributed by atoms with Gasteiger partial charge in [-0.25, -0.2) is 13.1 Å². The second kappa shape index (κ2) is 6.54. The molecule has 0 bridgehead atoms. The number of piperidine rings is 1. The highest BCUT2D eigenvalue weighted by atomic mass is 35.5. The molecule has 2 unspecified atom stereocenters. The monoisotopic (exact) mass is 324 g/mol. The highest BCUT2D eigenvalue weighted by molar-refractivity contribution is 7.91. The van der Waals surface area contributed by atoms with Gasteiger partial charge < -0.3 is 5.32 Å². The molecule has 1 fully saturated rings. The third kappa shape index (κ3) is 3.92. The van der Waals surface area contributed by atoms with Gasteiger partial charge in [0.1, 0.15) is 4.21 Å². The highest BCUT2D eigenvalue weighted by Gasteiger charge is 2.28. The lowest BCUT2D eigenvalue weighted by Gasteiger charge is -2.30. The molecule has 4 nitrogen and oxygen atoms in total. The molecule has 0 aromatic carbocycles. The van der Waals surface area contributed by atoms with Crippen LogP contribution in [0.15, 0.2) is 10.3 Å². The van der Waals surface area contributed by atoms with Crippen LogP contribution in [0.3, 0.4) is 0 Å². The van der Waals surface area contributed by atoms with E-state index in [0.29, 0.717) is 4.21 Å². The van der Waals surface area contributed by atoms with Crippen molar-refractivity contribution in [2.45, 2.75) is 49.9 Å². The van der Waals surface area contributed by atoms with Gasteiger partial charge in [-0.3, -0.25) is 0 Å². The number of hydrogen-bond donors (Lipinski definition) is 2. The smallest absolute Gasteiger partial charge is 0.250 e. The van der Waals surface area contributed by atoms with Crippen LogP contribution in [0.5, 0.6) is 0 Å². The SMILES string of the molecule is Cc1cc(C)c(S(=O)(=O)NC2CCCNC2C)s1.Cl. The van der Waals surface area contributed by atoms with E-state index in [-0.39, 0.29) is 24.5 Å². The Morgan fingerprint density at radius 3 is 2.63 bits per heavy atom. The zero-order valence-corrected chi connectivity index (χ0v) is 13.8. The largest absolute Gasteiger partial charge is 0.313 e. The summed E-state index contributed by atoms with van der Waals surface area (Å²) in [6.07, 6.45) is 1.91. The molecule has 0 amide bonds. The van der Waals surface area contributed by atoms with Crippen molar-refractivity contribution in [1.82, 2.24) is 10.0 Å². The minimum atomic E-state index is -3.37. The molecule has 2 atom stereocenters. The predicted octanol–water partition coefficient (Wildman–Crippen LogP) is 2.21. The molecule has 1 aromatic heterocycles. The summed E-state index contributed by atoms with van der Waals surface area (Å²) < 4.78 is 28.0. The van der Waals surface area contributed by atoms with Crippen molar-refractivity contribution in [3.05, 3.63) is 16.5 Å². The molecule has 0 aliphatic carbocycles. The number of hydrogen-bond acceptors (Lipinski definition) is 4. The second-order valence-corrected chi connectivity index (χ2v) is 8.11. The van der Waals surface area contributed by atoms with Gasteiger partial charge in [0.05, 0.1) is 0 Å². The summed E-state index contributed by atoms with van der Waals surface area (Å²) in [6, 6.07) is 2.10. The Morgan fingerprint density at radius 1 is 1.42 bits per heavy atom. The maximum atomic E-state index is 12.4. The fourth-order valence-corrected chi connectivity index (χ4v) is 5.38. The van der Waals surface area contributed by atoms with Crippen molar-refractivity contribution in [3.63, 3.8) is 0 Å². The van der Waals surface area contributed by atoms with E-state index in [1.54, 1.807) is 0 Å². The summed E-state index contributed by atoms with van der Waals surface area (Å²) in [6.45, 7) is 6.78. The third-order valence-corrected chi connectivity index (χ3v) is 6.59. The van der Waals surface area contributed by atoms with Crippen molar-refractivity contribution >= 4 is 33.8 Å². The molecule has 0 spiro atoms. The number of thiophene rings is 1. The van der Waals surface area contributed by atoms with Crippen LogP contribution in [0.1, 0.15) is 30.2 Å².